The summed E-state index contributed by atoms with van der Waals surface area (Å²) in [4.78, 5) is 42.0. The Hall–Kier alpha value is -3.62. The van der Waals surface area contributed by atoms with Crippen molar-refractivity contribution in [3.8, 4) is 11.5 Å². The normalized spacial score (nSPS) is 9.25. The highest BCUT2D eigenvalue weighted by Gasteiger charge is 2.10. The van der Waals surface area contributed by atoms with Gasteiger partial charge in [0.2, 0.25) is 18.2 Å². The Labute approximate surface area is 137 Å². The summed E-state index contributed by atoms with van der Waals surface area (Å²) in [6.07, 6.45) is 4.35. The molecule has 0 aliphatic carbocycles. The summed E-state index contributed by atoms with van der Waals surface area (Å²) in [7, 11) is 0. The van der Waals surface area contributed by atoms with Crippen LogP contribution in [0.3, 0.4) is 0 Å². The molecule has 0 fully saturated rings. The van der Waals surface area contributed by atoms with Crippen LogP contribution in [0.2, 0.25) is 0 Å². The van der Waals surface area contributed by atoms with E-state index in [4.69, 9.17) is 4.74 Å². The van der Waals surface area contributed by atoms with Gasteiger partial charge < -0.3 is 4.74 Å². The molecule has 0 saturated carbocycles. The third-order valence-electron chi connectivity index (χ3n) is 3.17. The van der Waals surface area contributed by atoms with Crippen LogP contribution in [-0.4, -0.2) is 18.2 Å². The van der Waals surface area contributed by atoms with E-state index in [0.717, 1.165) is 5.56 Å². The van der Waals surface area contributed by atoms with E-state index >= 15 is 0 Å². The molecule has 2 aromatic rings. The van der Waals surface area contributed by atoms with E-state index in [2.05, 4.69) is 15.0 Å². The number of benzene rings is 2. The highest BCUT2D eigenvalue weighted by molar-refractivity contribution is 5.68. The van der Waals surface area contributed by atoms with Crippen molar-refractivity contribution in [2.75, 3.05) is 0 Å². The van der Waals surface area contributed by atoms with Crippen molar-refractivity contribution in [3.63, 3.8) is 0 Å². The van der Waals surface area contributed by atoms with Crippen LogP contribution in [-0.2, 0) is 14.4 Å². The molecule has 0 heterocycles. The summed E-state index contributed by atoms with van der Waals surface area (Å²) in [5.41, 5.74) is 2.36. The van der Waals surface area contributed by atoms with Gasteiger partial charge in [-0.15, -0.1) is 0 Å². The molecule has 0 unspecified atom stereocenters. The molecular formula is C17H11N3O4. The second-order valence-corrected chi connectivity index (χ2v) is 4.77. The molecule has 0 spiro atoms. The van der Waals surface area contributed by atoms with E-state index < -0.39 is 0 Å². The lowest BCUT2D eigenvalue weighted by molar-refractivity contribution is 0.483. The van der Waals surface area contributed by atoms with E-state index in [-0.39, 0.29) is 5.69 Å². The molecule has 24 heavy (non-hydrogen) atoms. The minimum Gasteiger partial charge on any atom is -0.455 e. The number of aryl methyl sites for hydroxylation is 2. The van der Waals surface area contributed by atoms with Gasteiger partial charge >= 0.3 is 0 Å². The number of nitrogens with zero attached hydrogens (tertiary/aromatic N) is 3. The van der Waals surface area contributed by atoms with Crippen LogP contribution in [0.5, 0.6) is 11.5 Å². The largest absolute Gasteiger partial charge is 0.455 e. The molecular weight excluding hydrogens is 310 g/mol. The third kappa shape index (κ3) is 3.77. The van der Waals surface area contributed by atoms with Gasteiger partial charge in [0, 0.05) is 0 Å². The minimum absolute atomic E-state index is 0.178. The lowest BCUT2D eigenvalue weighted by Crippen LogP contribution is -1.88. The molecule has 0 atom stereocenters. The number of aliphatic imine (C=N–C) groups is 3. The van der Waals surface area contributed by atoms with Crippen LogP contribution < -0.4 is 4.74 Å². The van der Waals surface area contributed by atoms with Gasteiger partial charge in [-0.3, -0.25) is 0 Å². The molecule has 0 amide bonds. The lowest BCUT2D eigenvalue weighted by Gasteiger charge is -2.11. The van der Waals surface area contributed by atoms with E-state index in [9.17, 15) is 14.4 Å². The van der Waals surface area contributed by atoms with Crippen molar-refractivity contribution in [3.05, 3.63) is 41.5 Å². The quantitative estimate of drug-likeness (QED) is 0.614. The standard InChI is InChI=1S/C17H11N3O4/c1-11-5-13(3-4-14(11)18-8-21)24-17-6-12(2)15(19-9-22)7-16(17)20-10-23/h3-7H,1-2H3. The van der Waals surface area contributed by atoms with E-state index in [1.807, 2.05) is 0 Å². The van der Waals surface area contributed by atoms with E-state index in [1.54, 1.807) is 38.1 Å². The van der Waals surface area contributed by atoms with Gasteiger partial charge in [-0.2, -0.15) is 15.0 Å². The number of hydrogen-bond donors (Lipinski definition) is 0. The predicted octanol–water partition coefficient (Wildman–Crippen LogP) is 4.00. The molecule has 7 heteroatoms. The zero-order valence-corrected chi connectivity index (χ0v) is 12.9. The monoisotopic (exact) mass is 321 g/mol. The molecule has 0 radical (unpaired) electrons. The topological polar surface area (TPSA) is 97.5 Å². The summed E-state index contributed by atoms with van der Waals surface area (Å²) in [5.74, 6) is 0.762. The Balaban J connectivity index is 2.47. The van der Waals surface area contributed by atoms with Gasteiger partial charge in [0.15, 0.2) is 5.75 Å². The van der Waals surface area contributed by atoms with Gasteiger partial charge in [-0.1, -0.05) is 0 Å². The maximum absolute atomic E-state index is 10.6. The Morgan fingerprint density at radius 3 is 1.96 bits per heavy atom. The van der Waals surface area contributed by atoms with E-state index in [0.29, 0.717) is 28.4 Å². The fourth-order valence-corrected chi connectivity index (χ4v) is 2.04. The lowest BCUT2D eigenvalue weighted by atomic mass is 10.1. The first-order valence-electron chi connectivity index (χ1n) is 6.75. The molecule has 0 aliphatic rings. The number of hydrogen-bond acceptors (Lipinski definition) is 7. The Bertz CT molecular complexity index is 933. The van der Waals surface area contributed by atoms with Gasteiger partial charge in [-0.05, 0) is 55.3 Å². The van der Waals surface area contributed by atoms with Crippen LogP contribution in [0.1, 0.15) is 11.1 Å². The van der Waals surface area contributed by atoms with Crippen LogP contribution in [0.4, 0.5) is 17.1 Å². The smallest absolute Gasteiger partial charge is 0.240 e. The second-order valence-electron chi connectivity index (χ2n) is 4.77. The number of rotatable bonds is 5. The van der Waals surface area contributed by atoms with Crippen molar-refractivity contribution >= 4 is 35.3 Å². The van der Waals surface area contributed by atoms with Gasteiger partial charge in [0.05, 0.1) is 11.4 Å². The van der Waals surface area contributed by atoms with Crippen molar-refractivity contribution < 1.29 is 19.1 Å². The Kier molecular flexibility index (Phi) is 5.29. The number of carbonyl (C=O) groups excluding carboxylic acids is 3. The molecule has 0 saturated heterocycles. The maximum Gasteiger partial charge on any atom is 0.240 e. The first kappa shape index (κ1) is 16.7. The zero-order chi connectivity index (χ0) is 17.5. The number of isocyanates is 3. The summed E-state index contributed by atoms with van der Waals surface area (Å²) in [6, 6.07) is 7.93. The van der Waals surface area contributed by atoms with Crippen molar-refractivity contribution in [1.29, 1.82) is 0 Å². The highest BCUT2D eigenvalue weighted by atomic mass is 16.5. The molecule has 0 N–H and O–H groups in total. The predicted molar refractivity (Wildman–Crippen MR) is 85.8 cm³/mol. The van der Waals surface area contributed by atoms with Crippen LogP contribution in [0.25, 0.3) is 0 Å². The maximum atomic E-state index is 10.6. The van der Waals surface area contributed by atoms with Crippen molar-refractivity contribution in [2.45, 2.75) is 13.8 Å². The fourth-order valence-electron chi connectivity index (χ4n) is 2.04. The van der Waals surface area contributed by atoms with Crippen LogP contribution in [0, 0.1) is 13.8 Å². The first-order chi connectivity index (χ1) is 11.6. The third-order valence-corrected chi connectivity index (χ3v) is 3.17. The second kappa shape index (κ2) is 7.58. The van der Waals surface area contributed by atoms with Crippen molar-refractivity contribution in [2.24, 2.45) is 15.0 Å². The average Bonchev–Trinajstić information content (AvgIpc) is 2.55. The van der Waals surface area contributed by atoms with Gasteiger partial charge in [0.1, 0.15) is 11.4 Å². The molecule has 118 valence electrons. The summed E-state index contributed by atoms with van der Waals surface area (Å²) in [5, 5.41) is 0. The van der Waals surface area contributed by atoms with Crippen LogP contribution in [0.15, 0.2) is 45.3 Å². The van der Waals surface area contributed by atoms with Crippen molar-refractivity contribution in [1.82, 2.24) is 0 Å². The molecule has 0 aliphatic heterocycles. The molecule has 0 aromatic heterocycles. The SMILES string of the molecule is Cc1cc(Oc2cc(C)c(N=C=O)cc2N=C=O)ccc1N=C=O. The average molecular weight is 321 g/mol. The Morgan fingerprint density at radius 2 is 1.33 bits per heavy atom. The van der Waals surface area contributed by atoms with Gasteiger partial charge in [-0.25, -0.2) is 14.4 Å². The van der Waals surface area contributed by atoms with Gasteiger partial charge in [0.25, 0.3) is 0 Å². The summed E-state index contributed by atoms with van der Waals surface area (Å²) >= 11 is 0. The summed E-state index contributed by atoms with van der Waals surface area (Å²) in [6.45, 7) is 3.49. The number of ether oxygens (including phenoxy) is 1. The zero-order valence-electron chi connectivity index (χ0n) is 12.9. The Morgan fingerprint density at radius 1 is 0.750 bits per heavy atom. The molecule has 7 nitrogen and oxygen atoms in total. The fraction of sp³-hybridized carbons (Fsp3) is 0.118. The van der Waals surface area contributed by atoms with E-state index in [1.165, 1.54) is 24.3 Å². The molecule has 2 aromatic carbocycles. The summed E-state index contributed by atoms with van der Waals surface area (Å²) < 4.78 is 5.74. The highest BCUT2D eigenvalue weighted by Crippen LogP contribution is 2.38. The van der Waals surface area contributed by atoms with Crippen LogP contribution >= 0.6 is 0 Å². The first-order valence-corrected chi connectivity index (χ1v) is 6.75. The molecule has 2 rings (SSSR count). The molecule has 0 bridgehead atoms. The minimum atomic E-state index is 0.178.